The Morgan fingerprint density at radius 2 is 1.93 bits per heavy atom. The van der Waals surface area contributed by atoms with E-state index in [9.17, 15) is 5.11 Å². The zero-order valence-corrected chi connectivity index (χ0v) is 16.9. The van der Waals surface area contributed by atoms with Crippen LogP contribution in [0.5, 0.6) is 11.5 Å². The number of hydrogen-bond donors (Lipinski definition) is 4. The molecule has 30 heavy (non-hydrogen) atoms. The Hall–Kier alpha value is -3.47. The van der Waals surface area contributed by atoms with E-state index in [1.807, 2.05) is 24.3 Å². The normalized spacial score (nSPS) is 21.6. The van der Waals surface area contributed by atoms with Gasteiger partial charge in [-0.25, -0.2) is 0 Å². The molecule has 1 unspecified atom stereocenters. The maximum atomic E-state index is 10.1. The predicted molar refractivity (Wildman–Crippen MR) is 119 cm³/mol. The van der Waals surface area contributed by atoms with Crippen molar-refractivity contribution in [2.45, 2.75) is 24.8 Å². The average molecular weight is 399 g/mol. The summed E-state index contributed by atoms with van der Waals surface area (Å²) in [6.07, 6.45) is 2.08. The Balaban J connectivity index is 1.68. The number of methoxy groups -OCH3 is 1. The number of nitrogens with one attached hydrogen (secondary N) is 2. The zero-order chi connectivity index (χ0) is 20.8. The molecule has 0 aromatic heterocycles. The van der Waals surface area contributed by atoms with Crippen LogP contribution in [0.15, 0.2) is 60.7 Å². The lowest BCUT2D eigenvalue weighted by atomic mass is 9.65. The molecule has 5 heteroatoms. The largest absolute Gasteiger partial charge is 0.504 e. The van der Waals surface area contributed by atoms with Gasteiger partial charge < -0.3 is 20.9 Å². The number of hydrogen-bond acceptors (Lipinski definition) is 4. The minimum absolute atomic E-state index is 0.0869. The fourth-order valence-corrected chi connectivity index (χ4v) is 5.15. The van der Waals surface area contributed by atoms with E-state index in [-0.39, 0.29) is 23.5 Å². The molecular weight excluding hydrogens is 374 g/mol. The van der Waals surface area contributed by atoms with Crippen molar-refractivity contribution in [3.63, 3.8) is 0 Å². The maximum absolute atomic E-state index is 10.1. The first-order chi connectivity index (χ1) is 14.6. The third-order valence-corrected chi connectivity index (χ3v) is 6.56. The molecule has 0 saturated heterocycles. The number of amidine groups is 1. The van der Waals surface area contributed by atoms with Crippen LogP contribution in [-0.2, 0) is 6.42 Å². The van der Waals surface area contributed by atoms with Gasteiger partial charge in [0.25, 0.3) is 0 Å². The summed E-state index contributed by atoms with van der Waals surface area (Å²) in [4.78, 5) is 0. The van der Waals surface area contributed by atoms with Gasteiger partial charge in [0.1, 0.15) is 5.84 Å². The second-order valence-corrected chi connectivity index (χ2v) is 8.15. The standard InChI is InChI=1S/C25H25N3O2/c1-30-22-13-15(8-11-21(22)29)24-18-9-6-14-4-2-3-5-17(14)23(18)19-12-16(25(26)27)7-10-20(19)28-24/h2-5,7-8,10-13,18,23-24,28-29H,6,9H2,1H3,(H3,26,27)/t18-,23+,24?/m1/s1. The number of phenols is 1. The van der Waals surface area contributed by atoms with Gasteiger partial charge in [-0.3, -0.25) is 5.41 Å². The molecule has 5 N–H and O–H groups in total. The highest BCUT2D eigenvalue weighted by molar-refractivity contribution is 5.95. The fourth-order valence-electron chi connectivity index (χ4n) is 5.15. The third-order valence-electron chi connectivity index (χ3n) is 6.56. The van der Waals surface area contributed by atoms with Gasteiger partial charge in [0.05, 0.1) is 13.2 Å². The first-order valence-electron chi connectivity index (χ1n) is 10.3. The number of benzene rings is 3. The lowest BCUT2D eigenvalue weighted by Gasteiger charge is -2.45. The van der Waals surface area contributed by atoms with Gasteiger partial charge in [-0.1, -0.05) is 30.3 Å². The Morgan fingerprint density at radius 1 is 1.10 bits per heavy atom. The van der Waals surface area contributed by atoms with Gasteiger partial charge in [0.15, 0.2) is 11.5 Å². The molecule has 0 fully saturated rings. The summed E-state index contributed by atoms with van der Waals surface area (Å²) in [5, 5.41) is 21.7. The van der Waals surface area contributed by atoms with Crippen LogP contribution in [0, 0.1) is 11.3 Å². The van der Waals surface area contributed by atoms with Crippen LogP contribution >= 0.6 is 0 Å². The van der Waals surface area contributed by atoms with E-state index < -0.39 is 0 Å². The van der Waals surface area contributed by atoms with Crippen LogP contribution in [0.1, 0.15) is 46.2 Å². The molecule has 0 radical (unpaired) electrons. The lowest BCUT2D eigenvalue weighted by molar-refractivity contribution is 0.344. The molecule has 3 aromatic carbocycles. The van der Waals surface area contributed by atoms with Crippen molar-refractivity contribution in [3.8, 4) is 11.5 Å². The Kier molecular flexibility index (Phi) is 4.39. The van der Waals surface area contributed by atoms with Crippen molar-refractivity contribution in [1.29, 1.82) is 5.41 Å². The highest BCUT2D eigenvalue weighted by Crippen LogP contribution is 2.53. The Bertz CT molecular complexity index is 1140. The smallest absolute Gasteiger partial charge is 0.160 e. The Morgan fingerprint density at radius 3 is 2.73 bits per heavy atom. The molecular formula is C25H25N3O2. The van der Waals surface area contributed by atoms with Crippen molar-refractivity contribution in [3.05, 3.63) is 88.5 Å². The van der Waals surface area contributed by atoms with Gasteiger partial charge in [-0.05, 0) is 71.3 Å². The molecule has 1 aliphatic carbocycles. The Labute approximate surface area is 176 Å². The van der Waals surface area contributed by atoms with E-state index in [4.69, 9.17) is 15.9 Å². The van der Waals surface area contributed by atoms with E-state index in [0.29, 0.717) is 11.7 Å². The quantitative estimate of drug-likeness (QED) is 0.384. The van der Waals surface area contributed by atoms with Crippen LogP contribution in [-0.4, -0.2) is 18.1 Å². The first-order valence-corrected chi connectivity index (χ1v) is 10.3. The van der Waals surface area contributed by atoms with Gasteiger partial charge in [-0.2, -0.15) is 0 Å². The molecule has 5 nitrogen and oxygen atoms in total. The summed E-state index contributed by atoms with van der Waals surface area (Å²) in [6.45, 7) is 0. The molecule has 2 aliphatic rings. The van der Waals surface area contributed by atoms with Crippen molar-refractivity contribution in [2.24, 2.45) is 11.7 Å². The first kappa shape index (κ1) is 18.6. The third kappa shape index (κ3) is 2.89. The zero-order valence-electron chi connectivity index (χ0n) is 16.9. The molecule has 0 amide bonds. The molecule has 0 spiro atoms. The van der Waals surface area contributed by atoms with Crippen molar-refractivity contribution in [2.75, 3.05) is 12.4 Å². The minimum Gasteiger partial charge on any atom is -0.504 e. The number of nitrogen functional groups attached to an aromatic ring is 1. The molecule has 3 atom stereocenters. The summed E-state index contributed by atoms with van der Waals surface area (Å²) in [5.74, 6) is 1.27. The molecule has 1 aliphatic heterocycles. The highest BCUT2D eigenvalue weighted by Gasteiger charge is 2.41. The van der Waals surface area contributed by atoms with E-state index in [2.05, 4.69) is 35.6 Å². The number of rotatable bonds is 3. The van der Waals surface area contributed by atoms with Crippen LogP contribution in [0.2, 0.25) is 0 Å². The van der Waals surface area contributed by atoms with Crippen LogP contribution < -0.4 is 15.8 Å². The number of phenolic OH excluding ortho intramolecular Hbond substituents is 1. The number of aryl methyl sites for hydroxylation is 1. The molecule has 152 valence electrons. The molecule has 0 bridgehead atoms. The predicted octanol–water partition coefficient (Wildman–Crippen LogP) is 4.55. The van der Waals surface area contributed by atoms with E-state index in [1.165, 1.54) is 16.7 Å². The van der Waals surface area contributed by atoms with Gasteiger partial charge in [0.2, 0.25) is 0 Å². The van der Waals surface area contributed by atoms with Gasteiger partial charge in [0, 0.05) is 17.2 Å². The van der Waals surface area contributed by atoms with Gasteiger partial charge in [-0.15, -0.1) is 0 Å². The molecule has 5 rings (SSSR count). The highest BCUT2D eigenvalue weighted by atomic mass is 16.5. The summed E-state index contributed by atoms with van der Waals surface area (Å²) < 4.78 is 5.37. The minimum atomic E-state index is 0.0869. The summed E-state index contributed by atoms with van der Waals surface area (Å²) >= 11 is 0. The second kappa shape index (κ2) is 7.10. The monoisotopic (exact) mass is 399 g/mol. The number of nitrogens with two attached hydrogens (primary N) is 1. The van der Waals surface area contributed by atoms with Crippen molar-refractivity contribution in [1.82, 2.24) is 0 Å². The fraction of sp³-hybridized carbons (Fsp3) is 0.240. The molecule has 0 saturated carbocycles. The van der Waals surface area contributed by atoms with E-state index >= 15 is 0 Å². The average Bonchev–Trinajstić information content (AvgIpc) is 2.78. The SMILES string of the molecule is COc1cc(C2Nc3ccc(C(=N)N)cc3[C@H]3c4ccccc4CC[C@@H]23)ccc1O. The second-order valence-electron chi connectivity index (χ2n) is 8.15. The number of anilines is 1. The van der Waals surface area contributed by atoms with Crippen molar-refractivity contribution >= 4 is 11.5 Å². The van der Waals surface area contributed by atoms with Crippen molar-refractivity contribution < 1.29 is 9.84 Å². The number of fused-ring (bicyclic) bond motifs is 5. The van der Waals surface area contributed by atoms with Crippen LogP contribution in [0.3, 0.4) is 0 Å². The lowest BCUT2D eigenvalue weighted by Crippen LogP contribution is -2.35. The molecule has 3 aromatic rings. The van der Waals surface area contributed by atoms with E-state index in [0.717, 1.165) is 29.7 Å². The number of aromatic hydroxyl groups is 1. The molecule has 1 heterocycles. The summed E-state index contributed by atoms with van der Waals surface area (Å²) in [6, 6.07) is 20.4. The summed E-state index contributed by atoms with van der Waals surface area (Å²) in [5.41, 5.74) is 12.7. The van der Waals surface area contributed by atoms with Crippen LogP contribution in [0.4, 0.5) is 5.69 Å². The number of ether oxygens (including phenoxy) is 1. The maximum Gasteiger partial charge on any atom is 0.160 e. The topological polar surface area (TPSA) is 91.4 Å². The van der Waals surface area contributed by atoms with Gasteiger partial charge >= 0.3 is 0 Å². The summed E-state index contributed by atoms with van der Waals surface area (Å²) in [7, 11) is 1.57. The van der Waals surface area contributed by atoms with Crippen LogP contribution in [0.25, 0.3) is 0 Å². The van der Waals surface area contributed by atoms with E-state index in [1.54, 1.807) is 13.2 Å².